The van der Waals surface area contributed by atoms with Crippen LogP contribution < -0.4 is 15.0 Å². The van der Waals surface area contributed by atoms with Crippen LogP contribution in [0.2, 0.25) is 5.28 Å². The number of rotatable bonds is 4. The van der Waals surface area contributed by atoms with Crippen LogP contribution in [0.3, 0.4) is 0 Å². The van der Waals surface area contributed by atoms with Crippen molar-refractivity contribution in [3.8, 4) is 6.01 Å². The van der Waals surface area contributed by atoms with Crippen molar-refractivity contribution >= 4 is 28.9 Å². The Morgan fingerprint density at radius 1 is 1.14 bits per heavy atom. The van der Waals surface area contributed by atoms with Crippen molar-refractivity contribution < 1.29 is 9.47 Å². The molecule has 0 unspecified atom stereocenters. The molecule has 1 saturated heterocycles. The first-order chi connectivity index (χ1) is 10.7. The molecule has 3 rings (SSSR count). The molecule has 1 aliphatic heterocycles. The molecule has 0 spiro atoms. The van der Waals surface area contributed by atoms with Gasteiger partial charge in [0.25, 0.3) is 0 Å². The lowest BCUT2D eigenvalue weighted by Gasteiger charge is -2.28. The molecule has 1 aromatic heterocycles. The SMILES string of the molecule is COc1nc(Cl)nc(Nc2ccc(N3CCOCC3)cc2)n1. The number of ether oxygens (including phenoxy) is 2. The minimum absolute atomic E-state index is 0.0827. The minimum Gasteiger partial charge on any atom is -0.467 e. The van der Waals surface area contributed by atoms with Gasteiger partial charge in [0.1, 0.15) is 0 Å². The number of anilines is 3. The van der Waals surface area contributed by atoms with Crippen LogP contribution >= 0.6 is 11.6 Å². The number of hydrogen-bond acceptors (Lipinski definition) is 7. The lowest BCUT2D eigenvalue weighted by Crippen LogP contribution is -2.36. The molecular formula is C14H16ClN5O2. The minimum atomic E-state index is 0.0827. The summed E-state index contributed by atoms with van der Waals surface area (Å²) >= 11 is 5.82. The summed E-state index contributed by atoms with van der Waals surface area (Å²) in [7, 11) is 1.48. The van der Waals surface area contributed by atoms with Gasteiger partial charge in [-0.2, -0.15) is 15.0 Å². The van der Waals surface area contributed by atoms with Gasteiger partial charge in [-0.25, -0.2) is 0 Å². The van der Waals surface area contributed by atoms with Gasteiger partial charge in [0.2, 0.25) is 11.2 Å². The van der Waals surface area contributed by atoms with Gasteiger partial charge >= 0.3 is 6.01 Å². The topological polar surface area (TPSA) is 72.4 Å². The Hall–Kier alpha value is -2.12. The first-order valence-corrected chi connectivity index (χ1v) is 7.28. The van der Waals surface area contributed by atoms with Crippen LogP contribution in [0, 0.1) is 0 Å². The molecule has 1 aromatic carbocycles. The number of hydrogen-bond donors (Lipinski definition) is 1. The zero-order chi connectivity index (χ0) is 15.4. The quantitative estimate of drug-likeness (QED) is 0.924. The van der Waals surface area contributed by atoms with E-state index in [-0.39, 0.29) is 11.3 Å². The summed E-state index contributed by atoms with van der Waals surface area (Å²) in [6.07, 6.45) is 0. The number of morpholine rings is 1. The molecule has 0 radical (unpaired) electrons. The highest BCUT2D eigenvalue weighted by molar-refractivity contribution is 6.28. The van der Waals surface area contributed by atoms with Crippen molar-refractivity contribution in [2.24, 2.45) is 0 Å². The van der Waals surface area contributed by atoms with E-state index in [9.17, 15) is 0 Å². The van der Waals surface area contributed by atoms with E-state index in [1.54, 1.807) is 0 Å². The molecule has 22 heavy (non-hydrogen) atoms. The molecule has 0 bridgehead atoms. The molecule has 116 valence electrons. The average molecular weight is 322 g/mol. The number of nitrogens with zero attached hydrogens (tertiary/aromatic N) is 4. The second kappa shape index (κ2) is 6.76. The number of halogens is 1. The van der Waals surface area contributed by atoms with Crippen molar-refractivity contribution in [1.82, 2.24) is 15.0 Å². The molecule has 1 fully saturated rings. The Morgan fingerprint density at radius 2 is 1.86 bits per heavy atom. The normalized spacial score (nSPS) is 14.7. The Labute approximate surface area is 133 Å². The van der Waals surface area contributed by atoms with Crippen LogP contribution in [0.4, 0.5) is 17.3 Å². The zero-order valence-electron chi connectivity index (χ0n) is 12.1. The average Bonchev–Trinajstić information content (AvgIpc) is 2.56. The first-order valence-electron chi connectivity index (χ1n) is 6.90. The smallest absolute Gasteiger partial charge is 0.322 e. The van der Waals surface area contributed by atoms with Crippen molar-refractivity contribution in [3.63, 3.8) is 0 Å². The predicted octanol–water partition coefficient (Wildman–Crippen LogP) is 2.11. The van der Waals surface area contributed by atoms with Gasteiger partial charge in [-0.1, -0.05) is 0 Å². The third-order valence-corrected chi connectivity index (χ3v) is 3.44. The highest BCUT2D eigenvalue weighted by Crippen LogP contribution is 2.21. The Balaban J connectivity index is 1.71. The van der Waals surface area contributed by atoms with E-state index in [1.807, 2.05) is 24.3 Å². The fourth-order valence-electron chi connectivity index (χ4n) is 2.19. The zero-order valence-corrected chi connectivity index (χ0v) is 12.9. The van der Waals surface area contributed by atoms with E-state index in [2.05, 4.69) is 25.2 Å². The van der Waals surface area contributed by atoms with Crippen LogP contribution in [-0.2, 0) is 4.74 Å². The maximum absolute atomic E-state index is 5.82. The Morgan fingerprint density at radius 3 is 2.55 bits per heavy atom. The molecule has 2 heterocycles. The lowest BCUT2D eigenvalue weighted by molar-refractivity contribution is 0.122. The highest BCUT2D eigenvalue weighted by atomic mass is 35.5. The molecule has 0 amide bonds. The number of benzene rings is 1. The second-order valence-corrected chi connectivity index (χ2v) is 5.02. The van der Waals surface area contributed by atoms with Crippen LogP contribution in [0.1, 0.15) is 0 Å². The molecule has 7 nitrogen and oxygen atoms in total. The Kier molecular flexibility index (Phi) is 4.55. The molecule has 2 aromatic rings. The second-order valence-electron chi connectivity index (χ2n) is 4.69. The molecule has 8 heteroatoms. The molecule has 1 N–H and O–H groups in total. The number of aromatic nitrogens is 3. The van der Waals surface area contributed by atoms with E-state index in [0.29, 0.717) is 5.95 Å². The van der Waals surface area contributed by atoms with Crippen molar-refractivity contribution in [2.75, 3.05) is 43.6 Å². The van der Waals surface area contributed by atoms with Gasteiger partial charge in [-0.05, 0) is 35.9 Å². The third-order valence-electron chi connectivity index (χ3n) is 3.27. The van der Waals surface area contributed by atoms with Crippen LogP contribution in [-0.4, -0.2) is 48.4 Å². The van der Waals surface area contributed by atoms with E-state index in [0.717, 1.165) is 32.0 Å². The van der Waals surface area contributed by atoms with E-state index >= 15 is 0 Å². The van der Waals surface area contributed by atoms with Gasteiger partial charge in [-0.15, -0.1) is 0 Å². The summed E-state index contributed by atoms with van der Waals surface area (Å²) < 4.78 is 10.3. The van der Waals surface area contributed by atoms with Gasteiger partial charge in [0.05, 0.1) is 20.3 Å². The molecule has 1 aliphatic rings. The summed E-state index contributed by atoms with van der Waals surface area (Å²) in [5.74, 6) is 0.343. The summed E-state index contributed by atoms with van der Waals surface area (Å²) in [4.78, 5) is 14.2. The summed E-state index contributed by atoms with van der Waals surface area (Å²) in [6, 6.07) is 8.21. The largest absolute Gasteiger partial charge is 0.467 e. The maximum atomic E-state index is 5.82. The lowest BCUT2D eigenvalue weighted by atomic mass is 10.2. The summed E-state index contributed by atoms with van der Waals surface area (Å²) in [6.45, 7) is 3.35. The number of methoxy groups -OCH3 is 1. The van der Waals surface area contributed by atoms with Crippen molar-refractivity contribution in [2.45, 2.75) is 0 Å². The van der Waals surface area contributed by atoms with Gasteiger partial charge < -0.3 is 19.7 Å². The maximum Gasteiger partial charge on any atom is 0.322 e. The van der Waals surface area contributed by atoms with Crippen LogP contribution in [0.5, 0.6) is 6.01 Å². The van der Waals surface area contributed by atoms with Gasteiger partial charge in [0.15, 0.2) is 0 Å². The highest BCUT2D eigenvalue weighted by Gasteiger charge is 2.11. The third kappa shape index (κ3) is 3.55. The molecular weight excluding hydrogens is 306 g/mol. The standard InChI is InChI=1S/C14H16ClN5O2/c1-21-14-18-12(15)17-13(19-14)16-10-2-4-11(5-3-10)20-6-8-22-9-7-20/h2-5H,6-9H2,1H3,(H,16,17,18,19). The van der Waals surface area contributed by atoms with Crippen molar-refractivity contribution in [3.05, 3.63) is 29.5 Å². The van der Waals surface area contributed by atoms with Gasteiger partial charge in [-0.3, -0.25) is 0 Å². The van der Waals surface area contributed by atoms with E-state index in [4.69, 9.17) is 21.1 Å². The molecule has 0 saturated carbocycles. The number of nitrogens with one attached hydrogen (secondary N) is 1. The van der Waals surface area contributed by atoms with Crippen LogP contribution in [0.25, 0.3) is 0 Å². The van der Waals surface area contributed by atoms with Crippen LogP contribution in [0.15, 0.2) is 24.3 Å². The Bertz CT molecular complexity index is 632. The van der Waals surface area contributed by atoms with E-state index < -0.39 is 0 Å². The first kappa shape index (κ1) is 14.8. The molecule has 0 aliphatic carbocycles. The monoisotopic (exact) mass is 321 g/mol. The molecule has 0 atom stereocenters. The van der Waals surface area contributed by atoms with Gasteiger partial charge in [0, 0.05) is 24.5 Å². The summed E-state index contributed by atoms with van der Waals surface area (Å²) in [5, 5.41) is 3.16. The van der Waals surface area contributed by atoms with E-state index in [1.165, 1.54) is 12.8 Å². The summed E-state index contributed by atoms with van der Waals surface area (Å²) in [5.41, 5.74) is 2.03. The van der Waals surface area contributed by atoms with Crippen molar-refractivity contribution in [1.29, 1.82) is 0 Å². The predicted molar refractivity (Wildman–Crippen MR) is 84.1 cm³/mol. The fourth-order valence-corrected chi connectivity index (χ4v) is 2.34. The fraction of sp³-hybridized carbons (Fsp3) is 0.357.